The molecule has 1 nitrogen and oxygen atoms in total. The molecule has 1 fully saturated rings. The molecule has 104 valence electrons. The molecule has 1 saturated carbocycles. The lowest BCUT2D eigenvalue weighted by molar-refractivity contribution is 0.106. The maximum absolute atomic E-state index is 3.37. The van der Waals surface area contributed by atoms with Gasteiger partial charge in [0.15, 0.2) is 0 Å². The van der Waals surface area contributed by atoms with E-state index in [9.17, 15) is 0 Å². The highest BCUT2D eigenvalue weighted by Crippen LogP contribution is 2.57. The van der Waals surface area contributed by atoms with Crippen molar-refractivity contribution in [3.63, 3.8) is 0 Å². The van der Waals surface area contributed by atoms with Gasteiger partial charge < -0.3 is 5.32 Å². The van der Waals surface area contributed by atoms with Gasteiger partial charge in [-0.2, -0.15) is 0 Å². The van der Waals surface area contributed by atoms with Crippen LogP contribution in [0.4, 0.5) is 0 Å². The molecule has 0 radical (unpaired) electrons. The Bertz CT molecular complexity index is 534. The Balaban J connectivity index is 1.93. The first kappa shape index (κ1) is 13.4. The molecule has 0 saturated heterocycles. The van der Waals surface area contributed by atoms with Crippen LogP contribution in [0.1, 0.15) is 29.9 Å². The Kier molecular flexibility index (Phi) is 3.88. The van der Waals surface area contributed by atoms with Crippen molar-refractivity contribution in [2.24, 2.45) is 11.8 Å². The van der Waals surface area contributed by atoms with Gasteiger partial charge in [-0.25, -0.2) is 0 Å². The van der Waals surface area contributed by atoms with Gasteiger partial charge in [-0.05, 0) is 48.4 Å². The Labute approximate surface area is 122 Å². The van der Waals surface area contributed by atoms with Crippen molar-refractivity contribution in [1.82, 2.24) is 5.32 Å². The van der Waals surface area contributed by atoms with E-state index < -0.39 is 0 Å². The summed E-state index contributed by atoms with van der Waals surface area (Å²) in [6.07, 6.45) is 0. The largest absolute Gasteiger partial charge is 0.319 e. The summed E-state index contributed by atoms with van der Waals surface area (Å²) in [5, 5.41) is 3.37. The standard InChI is InChI=1S/C19H23N/c1-14-17(13-20-2)19(16-11-7-4-8-12-16)18(14)15-9-5-3-6-10-15/h3-12,14,17-20H,13H2,1-2H3. The smallest absolute Gasteiger partial charge is 0.00147 e. The van der Waals surface area contributed by atoms with Crippen molar-refractivity contribution < 1.29 is 0 Å². The van der Waals surface area contributed by atoms with Crippen molar-refractivity contribution in [2.75, 3.05) is 13.6 Å². The molecule has 1 aliphatic rings. The molecular formula is C19H23N. The fourth-order valence-corrected chi connectivity index (χ4v) is 3.91. The van der Waals surface area contributed by atoms with Crippen LogP contribution in [0.25, 0.3) is 0 Å². The number of nitrogens with one attached hydrogen (secondary N) is 1. The predicted molar refractivity (Wildman–Crippen MR) is 84.9 cm³/mol. The number of benzene rings is 2. The van der Waals surface area contributed by atoms with E-state index in [1.807, 2.05) is 0 Å². The SMILES string of the molecule is CNCC1C(C)C(c2ccccc2)C1c1ccccc1. The fraction of sp³-hybridized carbons (Fsp3) is 0.368. The van der Waals surface area contributed by atoms with E-state index >= 15 is 0 Å². The summed E-state index contributed by atoms with van der Waals surface area (Å²) in [5.74, 6) is 2.75. The van der Waals surface area contributed by atoms with Gasteiger partial charge in [0, 0.05) is 0 Å². The normalized spacial score (nSPS) is 28.9. The summed E-state index contributed by atoms with van der Waals surface area (Å²) < 4.78 is 0. The molecule has 20 heavy (non-hydrogen) atoms. The first-order valence-electron chi connectivity index (χ1n) is 7.57. The highest BCUT2D eigenvalue weighted by molar-refractivity contribution is 5.35. The van der Waals surface area contributed by atoms with Gasteiger partial charge in [0.05, 0.1) is 0 Å². The van der Waals surface area contributed by atoms with Gasteiger partial charge in [0.25, 0.3) is 0 Å². The lowest BCUT2D eigenvalue weighted by Gasteiger charge is -2.52. The molecule has 0 spiro atoms. The molecule has 2 aromatic rings. The third-order valence-electron chi connectivity index (χ3n) is 4.90. The third-order valence-corrected chi connectivity index (χ3v) is 4.90. The summed E-state index contributed by atoms with van der Waals surface area (Å²) in [4.78, 5) is 0. The van der Waals surface area contributed by atoms with E-state index in [2.05, 4.69) is 80.0 Å². The van der Waals surface area contributed by atoms with Crippen LogP contribution in [0, 0.1) is 11.8 Å². The van der Waals surface area contributed by atoms with Gasteiger partial charge in [-0.1, -0.05) is 67.6 Å². The van der Waals surface area contributed by atoms with Crippen LogP contribution in [0.15, 0.2) is 60.7 Å². The lowest BCUT2D eigenvalue weighted by atomic mass is 9.53. The first-order valence-corrected chi connectivity index (χ1v) is 7.57. The van der Waals surface area contributed by atoms with E-state index in [-0.39, 0.29) is 0 Å². The number of rotatable bonds is 4. The van der Waals surface area contributed by atoms with Crippen molar-refractivity contribution in [1.29, 1.82) is 0 Å². The van der Waals surface area contributed by atoms with E-state index in [1.54, 1.807) is 0 Å². The van der Waals surface area contributed by atoms with Crippen LogP contribution in [-0.2, 0) is 0 Å². The number of hydrogen-bond acceptors (Lipinski definition) is 1. The van der Waals surface area contributed by atoms with Crippen LogP contribution >= 0.6 is 0 Å². The van der Waals surface area contributed by atoms with Crippen molar-refractivity contribution >= 4 is 0 Å². The molecular weight excluding hydrogens is 242 g/mol. The highest BCUT2D eigenvalue weighted by atomic mass is 14.8. The molecule has 0 bridgehead atoms. The summed E-state index contributed by atoms with van der Waals surface area (Å²) in [6.45, 7) is 3.50. The van der Waals surface area contributed by atoms with Crippen LogP contribution in [0.2, 0.25) is 0 Å². The molecule has 2 aromatic carbocycles. The molecule has 1 heteroatoms. The molecule has 4 atom stereocenters. The van der Waals surface area contributed by atoms with Crippen LogP contribution in [0.5, 0.6) is 0 Å². The minimum Gasteiger partial charge on any atom is -0.319 e. The summed E-state index contributed by atoms with van der Waals surface area (Å²) >= 11 is 0. The first-order chi connectivity index (χ1) is 9.83. The zero-order chi connectivity index (χ0) is 13.9. The maximum Gasteiger partial charge on any atom is -0.00147 e. The summed E-state index contributed by atoms with van der Waals surface area (Å²) in [6, 6.07) is 22.0. The van der Waals surface area contributed by atoms with Crippen LogP contribution in [0.3, 0.4) is 0 Å². The molecule has 0 aromatic heterocycles. The second-order valence-corrected chi connectivity index (χ2v) is 5.95. The molecule has 0 aliphatic heterocycles. The second-order valence-electron chi connectivity index (χ2n) is 5.95. The Hall–Kier alpha value is -1.60. The Morgan fingerprint density at radius 2 is 1.30 bits per heavy atom. The average Bonchev–Trinajstić information content (AvgIpc) is 2.51. The van der Waals surface area contributed by atoms with Crippen molar-refractivity contribution in [2.45, 2.75) is 18.8 Å². The minimum absolute atomic E-state index is 0.640. The van der Waals surface area contributed by atoms with E-state index in [0.717, 1.165) is 18.4 Å². The van der Waals surface area contributed by atoms with Gasteiger partial charge in [0.1, 0.15) is 0 Å². The topological polar surface area (TPSA) is 12.0 Å². The van der Waals surface area contributed by atoms with E-state index in [0.29, 0.717) is 11.8 Å². The van der Waals surface area contributed by atoms with Gasteiger partial charge in [0.2, 0.25) is 0 Å². The third kappa shape index (κ3) is 2.27. The van der Waals surface area contributed by atoms with Gasteiger partial charge >= 0.3 is 0 Å². The highest BCUT2D eigenvalue weighted by Gasteiger charge is 2.48. The molecule has 1 N–H and O–H groups in total. The minimum atomic E-state index is 0.640. The van der Waals surface area contributed by atoms with Gasteiger partial charge in [-0.3, -0.25) is 0 Å². The zero-order valence-corrected chi connectivity index (χ0v) is 12.3. The molecule has 4 unspecified atom stereocenters. The monoisotopic (exact) mass is 265 g/mol. The van der Waals surface area contributed by atoms with Crippen molar-refractivity contribution in [3.05, 3.63) is 71.8 Å². The van der Waals surface area contributed by atoms with Crippen LogP contribution < -0.4 is 5.32 Å². The molecule has 1 aliphatic carbocycles. The van der Waals surface area contributed by atoms with E-state index in [1.165, 1.54) is 11.1 Å². The fourth-order valence-electron chi connectivity index (χ4n) is 3.91. The quantitative estimate of drug-likeness (QED) is 0.879. The second kappa shape index (κ2) is 5.80. The Morgan fingerprint density at radius 1 is 0.800 bits per heavy atom. The Morgan fingerprint density at radius 3 is 1.80 bits per heavy atom. The zero-order valence-electron chi connectivity index (χ0n) is 12.3. The maximum atomic E-state index is 3.37. The van der Waals surface area contributed by atoms with Gasteiger partial charge in [-0.15, -0.1) is 0 Å². The molecule has 0 heterocycles. The summed E-state index contributed by atoms with van der Waals surface area (Å²) in [7, 11) is 2.06. The predicted octanol–water partition coefficient (Wildman–Crippen LogP) is 4.04. The van der Waals surface area contributed by atoms with Crippen LogP contribution in [-0.4, -0.2) is 13.6 Å². The van der Waals surface area contributed by atoms with E-state index in [4.69, 9.17) is 0 Å². The summed E-state index contributed by atoms with van der Waals surface area (Å²) in [5.41, 5.74) is 2.97. The number of hydrogen-bond donors (Lipinski definition) is 1. The van der Waals surface area contributed by atoms with Crippen molar-refractivity contribution in [3.8, 4) is 0 Å². The molecule has 0 amide bonds. The average molecular weight is 265 g/mol. The lowest BCUT2D eigenvalue weighted by Crippen LogP contribution is -2.46. The molecule has 3 rings (SSSR count).